The molecule has 0 saturated carbocycles. The summed E-state index contributed by atoms with van der Waals surface area (Å²) in [5, 5.41) is 5.98. The molecule has 1 aliphatic rings. The molecule has 0 aliphatic carbocycles. The molecule has 0 saturated heterocycles. The van der Waals surface area contributed by atoms with Crippen LogP contribution < -0.4 is 5.32 Å². The Hall–Kier alpha value is -1.76. The molecule has 1 atom stereocenters. The summed E-state index contributed by atoms with van der Waals surface area (Å²) in [5.41, 5.74) is 1.45. The molecule has 0 bridgehead atoms. The van der Waals surface area contributed by atoms with Gasteiger partial charge in [0.2, 0.25) is 0 Å². The molecule has 2 aromatic rings. The molecule has 1 unspecified atom stereocenters. The Bertz CT molecular complexity index is 522. The third-order valence-electron chi connectivity index (χ3n) is 3.27. The van der Waals surface area contributed by atoms with Gasteiger partial charge in [-0.3, -0.25) is 0 Å². The van der Waals surface area contributed by atoms with Crippen LogP contribution in [0.4, 0.5) is 0 Å². The van der Waals surface area contributed by atoms with Crippen molar-refractivity contribution in [1.82, 2.24) is 5.32 Å². The Balaban J connectivity index is 2.15. The van der Waals surface area contributed by atoms with Crippen LogP contribution in [0.5, 0.6) is 0 Å². The van der Waals surface area contributed by atoms with E-state index in [-0.39, 0.29) is 0 Å². The van der Waals surface area contributed by atoms with Crippen LogP contribution in [-0.2, 0) is 0 Å². The normalized spacial score (nSPS) is 19.6. The summed E-state index contributed by atoms with van der Waals surface area (Å²) < 4.78 is 0. The first-order chi connectivity index (χ1) is 7.95. The van der Waals surface area contributed by atoms with Gasteiger partial charge in [0.15, 0.2) is 0 Å². The largest absolute Gasteiger partial charge is 0.391 e. The molecule has 80 valence electrons. The number of fused-ring (bicyclic) bond motifs is 1. The molecule has 16 heavy (non-hydrogen) atoms. The van der Waals surface area contributed by atoms with Crippen LogP contribution in [0.25, 0.3) is 10.8 Å². The van der Waals surface area contributed by atoms with E-state index in [9.17, 15) is 0 Å². The van der Waals surface area contributed by atoms with Crippen LogP contribution >= 0.6 is 0 Å². The van der Waals surface area contributed by atoms with Crippen molar-refractivity contribution >= 4 is 10.8 Å². The third-order valence-corrected chi connectivity index (χ3v) is 3.27. The van der Waals surface area contributed by atoms with Crippen molar-refractivity contribution in [3.63, 3.8) is 0 Å². The Morgan fingerprint density at radius 2 is 1.88 bits per heavy atom. The van der Waals surface area contributed by atoms with Crippen molar-refractivity contribution in [3.8, 4) is 0 Å². The average molecular weight is 209 g/mol. The Morgan fingerprint density at radius 3 is 2.75 bits per heavy atom. The summed E-state index contributed by atoms with van der Waals surface area (Å²) in [4.78, 5) is 0. The van der Waals surface area contributed by atoms with Gasteiger partial charge in [0, 0.05) is 12.5 Å². The van der Waals surface area contributed by atoms with Crippen LogP contribution in [0.2, 0.25) is 0 Å². The highest BCUT2D eigenvalue weighted by molar-refractivity contribution is 5.86. The predicted molar refractivity (Wildman–Crippen MR) is 68.4 cm³/mol. The molecule has 0 spiro atoms. The maximum absolute atomic E-state index is 3.25. The standard InChI is InChI=1S/C15H15N/c1-2-6-14-12(4-1)5-3-7-15(14)13-8-10-16-11-9-13/h1-8,10,13,16H,9,11H2. The lowest BCUT2D eigenvalue weighted by molar-refractivity contribution is 0.660. The zero-order valence-corrected chi connectivity index (χ0v) is 9.19. The first-order valence-corrected chi connectivity index (χ1v) is 5.83. The molecule has 3 rings (SSSR count). The van der Waals surface area contributed by atoms with Crippen molar-refractivity contribution in [2.75, 3.05) is 6.54 Å². The van der Waals surface area contributed by atoms with Gasteiger partial charge in [-0.2, -0.15) is 0 Å². The van der Waals surface area contributed by atoms with E-state index in [0.717, 1.165) is 6.54 Å². The fourth-order valence-corrected chi connectivity index (χ4v) is 2.44. The minimum atomic E-state index is 0.562. The minimum absolute atomic E-state index is 0.562. The second kappa shape index (κ2) is 4.01. The van der Waals surface area contributed by atoms with Gasteiger partial charge in [0.05, 0.1) is 0 Å². The molecular weight excluding hydrogens is 194 g/mol. The van der Waals surface area contributed by atoms with Gasteiger partial charge >= 0.3 is 0 Å². The second-order valence-electron chi connectivity index (χ2n) is 4.28. The fourth-order valence-electron chi connectivity index (χ4n) is 2.44. The zero-order valence-electron chi connectivity index (χ0n) is 9.19. The summed E-state index contributed by atoms with van der Waals surface area (Å²) in [6, 6.07) is 15.2. The maximum atomic E-state index is 3.25. The Kier molecular flexibility index (Phi) is 2.37. The average Bonchev–Trinajstić information content (AvgIpc) is 2.39. The molecule has 0 fully saturated rings. The highest BCUT2D eigenvalue weighted by Crippen LogP contribution is 2.29. The number of nitrogens with one attached hydrogen (secondary N) is 1. The van der Waals surface area contributed by atoms with Crippen LogP contribution in [0.15, 0.2) is 54.7 Å². The van der Waals surface area contributed by atoms with Gasteiger partial charge < -0.3 is 5.32 Å². The molecule has 2 aromatic carbocycles. The zero-order chi connectivity index (χ0) is 10.8. The molecule has 1 heterocycles. The number of hydrogen-bond donors (Lipinski definition) is 1. The lowest BCUT2D eigenvalue weighted by atomic mass is 9.90. The first kappa shape index (κ1) is 9.46. The predicted octanol–water partition coefficient (Wildman–Crippen LogP) is 3.43. The van der Waals surface area contributed by atoms with Crippen LogP contribution in [-0.4, -0.2) is 6.54 Å². The van der Waals surface area contributed by atoms with Gasteiger partial charge in [0.1, 0.15) is 0 Å². The minimum Gasteiger partial charge on any atom is -0.391 e. The van der Waals surface area contributed by atoms with Crippen molar-refractivity contribution in [2.24, 2.45) is 0 Å². The van der Waals surface area contributed by atoms with Crippen molar-refractivity contribution in [1.29, 1.82) is 0 Å². The SMILES string of the molecule is C1=CC(c2cccc3ccccc23)CCN1. The smallest absolute Gasteiger partial charge is 0.0150 e. The molecule has 1 heteroatoms. The third kappa shape index (κ3) is 1.58. The summed E-state index contributed by atoms with van der Waals surface area (Å²) >= 11 is 0. The van der Waals surface area contributed by atoms with Crippen molar-refractivity contribution in [2.45, 2.75) is 12.3 Å². The summed E-state index contributed by atoms with van der Waals surface area (Å²) in [7, 11) is 0. The second-order valence-corrected chi connectivity index (χ2v) is 4.28. The maximum Gasteiger partial charge on any atom is 0.0150 e. The van der Waals surface area contributed by atoms with Gasteiger partial charge in [-0.25, -0.2) is 0 Å². The quantitative estimate of drug-likeness (QED) is 0.758. The van der Waals surface area contributed by atoms with Crippen molar-refractivity contribution in [3.05, 3.63) is 60.3 Å². The fraction of sp³-hybridized carbons (Fsp3) is 0.200. The molecule has 1 aliphatic heterocycles. The van der Waals surface area contributed by atoms with E-state index >= 15 is 0 Å². The molecule has 0 radical (unpaired) electrons. The lowest BCUT2D eigenvalue weighted by Crippen LogP contribution is -2.16. The Labute approximate surface area is 95.8 Å². The summed E-state index contributed by atoms with van der Waals surface area (Å²) in [6.45, 7) is 1.07. The van der Waals surface area contributed by atoms with E-state index in [1.165, 1.54) is 22.8 Å². The van der Waals surface area contributed by atoms with E-state index in [1.807, 2.05) is 0 Å². The van der Waals surface area contributed by atoms with Crippen LogP contribution in [0.3, 0.4) is 0 Å². The number of rotatable bonds is 1. The van der Waals surface area contributed by atoms with E-state index < -0.39 is 0 Å². The molecule has 0 aromatic heterocycles. The van der Waals surface area contributed by atoms with Gasteiger partial charge in [-0.15, -0.1) is 0 Å². The molecule has 0 amide bonds. The van der Waals surface area contributed by atoms with Gasteiger partial charge in [0.25, 0.3) is 0 Å². The van der Waals surface area contributed by atoms with Gasteiger partial charge in [-0.05, 0) is 29.0 Å². The highest BCUT2D eigenvalue weighted by atomic mass is 14.8. The number of allylic oxidation sites excluding steroid dienone is 1. The summed E-state index contributed by atoms with van der Waals surface area (Å²) in [6.07, 6.45) is 5.53. The topological polar surface area (TPSA) is 12.0 Å². The monoisotopic (exact) mass is 209 g/mol. The number of hydrogen-bond acceptors (Lipinski definition) is 1. The van der Waals surface area contributed by atoms with Crippen LogP contribution in [0, 0.1) is 0 Å². The highest BCUT2D eigenvalue weighted by Gasteiger charge is 2.12. The lowest BCUT2D eigenvalue weighted by Gasteiger charge is -2.19. The summed E-state index contributed by atoms with van der Waals surface area (Å²) in [5.74, 6) is 0.562. The van der Waals surface area contributed by atoms with Gasteiger partial charge in [-0.1, -0.05) is 48.5 Å². The van der Waals surface area contributed by atoms with E-state index in [4.69, 9.17) is 0 Å². The molecule has 1 nitrogen and oxygen atoms in total. The van der Waals surface area contributed by atoms with Crippen molar-refractivity contribution < 1.29 is 0 Å². The van der Waals surface area contributed by atoms with Crippen LogP contribution in [0.1, 0.15) is 17.9 Å². The Morgan fingerprint density at radius 1 is 1.00 bits per heavy atom. The number of benzene rings is 2. The molecular formula is C15H15N. The first-order valence-electron chi connectivity index (χ1n) is 5.83. The van der Waals surface area contributed by atoms with E-state index in [0.29, 0.717) is 5.92 Å². The molecule has 1 N–H and O–H groups in total. The van der Waals surface area contributed by atoms with E-state index in [1.54, 1.807) is 0 Å². The van der Waals surface area contributed by atoms with E-state index in [2.05, 4.69) is 60.1 Å².